The summed E-state index contributed by atoms with van der Waals surface area (Å²) in [4.78, 5) is 13.2. The van der Waals surface area contributed by atoms with Gasteiger partial charge in [0.05, 0.1) is 0 Å². The van der Waals surface area contributed by atoms with E-state index < -0.39 is 16.1 Å². The van der Waals surface area contributed by atoms with Crippen molar-refractivity contribution in [2.45, 2.75) is 76.8 Å². The van der Waals surface area contributed by atoms with Crippen LogP contribution >= 0.6 is 0 Å². The molecule has 0 N–H and O–H groups in total. The maximum absolute atomic E-state index is 13.2. The van der Waals surface area contributed by atoms with Gasteiger partial charge in [-0.3, -0.25) is 4.79 Å². The molecule has 0 amide bonds. The van der Waals surface area contributed by atoms with E-state index in [4.69, 9.17) is 0 Å². The maximum atomic E-state index is 13.2. The van der Waals surface area contributed by atoms with Gasteiger partial charge in [0.25, 0.3) is 0 Å². The zero-order valence-electron chi connectivity index (χ0n) is 21.0. The minimum absolute atomic E-state index is 0.202. The number of hydrogen-bond donors (Lipinski definition) is 0. The van der Waals surface area contributed by atoms with Gasteiger partial charge in [-0.15, -0.1) is 0 Å². The summed E-state index contributed by atoms with van der Waals surface area (Å²) >= 11 is 0. The number of ketones is 1. The van der Waals surface area contributed by atoms with E-state index in [0.717, 1.165) is 12.8 Å². The van der Waals surface area contributed by atoms with Crippen LogP contribution in [-0.2, 0) is 4.79 Å². The molecule has 0 saturated heterocycles. The lowest BCUT2D eigenvalue weighted by atomic mass is 9.80. The molecule has 4 atom stereocenters. The van der Waals surface area contributed by atoms with Crippen LogP contribution < -0.4 is 10.4 Å². The van der Waals surface area contributed by atoms with Gasteiger partial charge in [0.2, 0.25) is 0 Å². The van der Waals surface area contributed by atoms with Gasteiger partial charge in [-0.05, 0) is 42.2 Å². The molecule has 2 fully saturated rings. The maximum Gasteiger partial charge on any atom is 0.139 e. The fourth-order valence-corrected chi connectivity index (χ4v) is 15.1. The summed E-state index contributed by atoms with van der Waals surface area (Å²) in [6.07, 6.45) is 3.43. The Kier molecular flexibility index (Phi) is 6.46. The molecule has 172 valence electrons. The van der Waals surface area contributed by atoms with Crippen molar-refractivity contribution in [3.63, 3.8) is 0 Å². The summed E-state index contributed by atoms with van der Waals surface area (Å²) in [5, 5.41) is 3.32. The van der Waals surface area contributed by atoms with Gasteiger partial charge in [-0.1, -0.05) is 117 Å². The Morgan fingerprint density at radius 1 is 0.781 bits per heavy atom. The van der Waals surface area contributed by atoms with Gasteiger partial charge in [-0.2, -0.15) is 0 Å². The third-order valence-electron chi connectivity index (χ3n) is 8.41. The molecule has 0 heterocycles. The molecule has 4 rings (SSSR count). The number of fused-ring (bicyclic) bond motifs is 2. The van der Waals surface area contributed by atoms with Gasteiger partial charge in [0.15, 0.2) is 0 Å². The molecule has 2 aliphatic carbocycles. The Hall–Kier alpha value is -1.46. The summed E-state index contributed by atoms with van der Waals surface area (Å²) in [6.45, 7) is 14.8. The largest absolute Gasteiger partial charge is 0.299 e. The number of benzene rings is 2. The van der Waals surface area contributed by atoms with E-state index in [9.17, 15) is 4.79 Å². The second-order valence-electron chi connectivity index (χ2n) is 12.9. The van der Waals surface area contributed by atoms with Crippen molar-refractivity contribution in [1.82, 2.24) is 0 Å². The molecule has 4 unspecified atom stereocenters. The van der Waals surface area contributed by atoms with Crippen LogP contribution in [0, 0.1) is 23.7 Å². The molecule has 0 radical (unpaired) electrons. The van der Waals surface area contributed by atoms with E-state index >= 15 is 0 Å². The van der Waals surface area contributed by atoms with Crippen LogP contribution in [0.5, 0.6) is 0 Å². The molecular weight excluding hydrogens is 420 g/mol. The number of hydrogen-bond acceptors (Lipinski definition) is 1. The average molecular weight is 463 g/mol. The first-order chi connectivity index (χ1) is 15.0. The molecule has 1 nitrogen and oxygen atoms in total. The summed E-state index contributed by atoms with van der Waals surface area (Å²) < 4.78 is 0. The molecule has 2 aromatic carbocycles. The monoisotopic (exact) mass is 462 g/mol. The van der Waals surface area contributed by atoms with E-state index in [2.05, 4.69) is 101 Å². The quantitative estimate of drug-likeness (QED) is 0.441. The molecule has 2 aliphatic rings. The van der Waals surface area contributed by atoms with Gasteiger partial charge in [0, 0.05) is 19.9 Å². The highest BCUT2D eigenvalue weighted by molar-refractivity contribution is 7.04. The Bertz CT molecular complexity index is 884. The average Bonchev–Trinajstić information content (AvgIpc) is 2.89. The SMILES string of the molecule is CC(C)(C)[Si](CC1CC2CC(C[Si](C)(C)C)C(C1)C2=O)(c1ccccc1)c1ccccc1. The molecule has 3 heteroatoms. The lowest BCUT2D eigenvalue weighted by Gasteiger charge is -2.47. The highest BCUT2D eigenvalue weighted by Crippen LogP contribution is 2.52. The number of carbonyl (C=O) groups is 1. The Morgan fingerprint density at radius 3 is 1.78 bits per heavy atom. The van der Waals surface area contributed by atoms with Crippen molar-refractivity contribution < 1.29 is 4.79 Å². The molecule has 2 saturated carbocycles. The standard InChI is InChI=1S/C29H42OSi2/c1-29(2,3)32(25-13-9-7-10-14-25,26-15-11-8-12-16-26)20-22-17-23-19-24(21-31(4,5)6)27(18-22)28(23)30/h7-16,22-24,27H,17-21H2,1-6H3. The van der Waals surface area contributed by atoms with E-state index in [1.807, 2.05) is 0 Å². The first kappa shape index (κ1) is 23.7. The molecular formula is C29H42OSi2. The Morgan fingerprint density at radius 2 is 1.31 bits per heavy atom. The molecule has 0 aromatic heterocycles. The predicted molar refractivity (Wildman–Crippen MR) is 143 cm³/mol. The van der Waals surface area contributed by atoms with Crippen LogP contribution in [0.2, 0.25) is 36.8 Å². The summed E-state index contributed by atoms with van der Waals surface area (Å²) in [5.41, 5.74) is 0. The van der Waals surface area contributed by atoms with Crippen molar-refractivity contribution >= 4 is 32.3 Å². The highest BCUT2D eigenvalue weighted by atomic mass is 28.3. The number of Topliss-reactive ketones (excluding diaryl/α,β-unsaturated/α-hetero) is 1. The second-order valence-corrected chi connectivity index (χ2v) is 23.3. The summed E-state index contributed by atoms with van der Waals surface area (Å²) in [5.74, 6) is 2.61. The lowest BCUT2D eigenvalue weighted by molar-refractivity contribution is -0.127. The van der Waals surface area contributed by atoms with E-state index in [1.165, 1.54) is 18.5 Å². The van der Waals surface area contributed by atoms with Crippen molar-refractivity contribution in [3.05, 3.63) is 60.7 Å². The third-order valence-corrected chi connectivity index (χ3v) is 16.5. The zero-order valence-corrected chi connectivity index (χ0v) is 23.0. The van der Waals surface area contributed by atoms with Crippen LogP contribution in [0.25, 0.3) is 0 Å². The van der Waals surface area contributed by atoms with Crippen molar-refractivity contribution in [1.29, 1.82) is 0 Å². The van der Waals surface area contributed by atoms with E-state index in [-0.39, 0.29) is 5.04 Å². The zero-order chi connectivity index (χ0) is 23.1. The predicted octanol–water partition coefficient (Wildman–Crippen LogP) is 6.62. The lowest BCUT2D eigenvalue weighted by Crippen LogP contribution is -2.65. The van der Waals surface area contributed by atoms with Gasteiger partial charge in [0.1, 0.15) is 13.9 Å². The minimum atomic E-state index is -2.06. The minimum Gasteiger partial charge on any atom is -0.299 e. The normalized spacial score (nSPS) is 26.4. The summed E-state index contributed by atoms with van der Waals surface area (Å²) in [6, 6.07) is 25.4. The fraction of sp³-hybridized carbons (Fsp3) is 0.552. The van der Waals surface area contributed by atoms with Crippen LogP contribution in [0.4, 0.5) is 0 Å². The van der Waals surface area contributed by atoms with Gasteiger partial charge < -0.3 is 0 Å². The van der Waals surface area contributed by atoms with Crippen LogP contribution in [-0.4, -0.2) is 21.9 Å². The third kappa shape index (κ3) is 4.48. The van der Waals surface area contributed by atoms with Gasteiger partial charge in [-0.25, -0.2) is 0 Å². The second kappa shape index (κ2) is 8.72. The smallest absolute Gasteiger partial charge is 0.139 e. The first-order valence-corrected chi connectivity index (χ1v) is 18.6. The van der Waals surface area contributed by atoms with Crippen LogP contribution in [0.3, 0.4) is 0 Å². The number of rotatable bonds is 6. The Balaban J connectivity index is 1.71. The molecule has 2 aromatic rings. The Labute approximate surface area is 198 Å². The summed E-state index contributed by atoms with van der Waals surface area (Å²) in [7, 11) is -3.22. The first-order valence-electron chi connectivity index (χ1n) is 12.7. The highest BCUT2D eigenvalue weighted by Gasteiger charge is 2.53. The van der Waals surface area contributed by atoms with Crippen molar-refractivity contribution in [3.8, 4) is 0 Å². The number of carbonyl (C=O) groups excluding carboxylic acids is 1. The van der Waals surface area contributed by atoms with E-state index in [0.29, 0.717) is 29.5 Å². The molecule has 0 spiro atoms. The van der Waals surface area contributed by atoms with Crippen molar-refractivity contribution in [2.75, 3.05) is 0 Å². The van der Waals surface area contributed by atoms with E-state index in [1.54, 1.807) is 10.4 Å². The topological polar surface area (TPSA) is 17.1 Å². The molecule has 32 heavy (non-hydrogen) atoms. The van der Waals surface area contributed by atoms with Crippen LogP contribution in [0.1, 0.15) is 40.0 Å². The van der Waals surface area contributed by atoms with Crippen molar-refractivity contribution in [2.24, 2.45) is 23.7 Å². The molecule has 0 aliphatic heterocycles. The fourth-order valence-electron chi connectivity index (χ4n) is 7.19. The molecule has 2 bridgehead atoms. The van der Waals surface area contributed by atoms with Gasteiger partial charge >= 0.3 is 0 Å². The van der Waals surface area contributed by atoms with Crippen LogP contribution in [0.15, 0.2) is 60.7 Å².